The highest BCUT2D eigenvalue weighted by atomic mass is 15.6. The second-order valence-electron chi connectivity index (χ2n) is 3.62. The molecule has 0 unspecified atom stereocenters. The van der Waals surface area contributed by atoms with Crippen LogP contribution in [0, 0.1) is 6.07 Å². The van der Waals surface area contributed by atoms with Gasteiger partial charge in [0.25, 0.3) is 0 Å². The summed E-state index contributed by atoms with van der Waals surface area (Å²) in [6.45, 7) is 5.60. The van der Waals surface area contributed by atoms with Gasteiger partial charge in [-0.1, -0.05) is 18.2 Å². The third-order valence-corrected chi connectivity index (χ3v) is 2.69. The van der Waals surface area contributed by atoms with E-state index < -0.39 is 0 Å². The number of hydrazine groups is 1. The lowest BCUT2D eigenvalue weighted by molar-refractivity contribution is 0.312. The first kappa shape index (κ1) is 9.53. The van der Waals surface area contributed by atoms with Crippen LogP contribution in [0.15, 0.2) is 24.3 Å². The van der Waals surface area contributed by atoms with Gasteiger partial charge in [0.1, 0.15) is 0 Å². The molecule has 0 bridgehead atoms. The van der Waals surface area contributed by atoms with Crippen molar-refractivity contribution in [3.8, 4) is 0 Å². The van der Waals surface area contributed by atoms with Crippen molar-refractivity contribution in [3.05, 3.63) is 30.3 Å². The van der Waals surface area contributed by atoms with E-state index in [1.165, 1.54) is 31.6 Å². The Bertz CT molecular complexity index is 265. The number of nitrogens with zero attached hydrogens (tertiary/aromatic N) is 2. The predicted molar refractivity (Wildman–Crippen MR) is 59.1 cm³/mol. The van der Waals surface area contributed by atoms with Crippen LogP contribution in [0.1, 0.15) is 19.8 Å². The van der Waals surface area contributed by atoms with Gasteiger partial charge in [-0.15, -0.1) is 0 Å². The van der Waals surface area contributed by atoms with Gasteiger partial charge in [-0.2, -0.15) is 0 Å². The second-order valence-corrected chi connectivity index (χ2v) is 3.62. The monoisotopic (exact) mass is 189 g/mol. The SMILES string of the molecule is CCN(c1[c]cccc1)N1CCCC1. The minimum Gasteiger partial charge on any atom is -0.305 e. The van der Waals surface area contributed by atoms with Crippen LogP contribution in [-0.4, -0.2) is 24.6 Å². The fraction of sp³-hybridized carbons (Fsp3) is 0.500. The largest absolute Gasteiger partial charge is 0.305 e. The maximum Gasteiger partial charge on any atom is 0.0601 e. The number of benzene rings is 1. The van der Waals surface area contributed by atoms with Crippen LogP contribution in [-0.2, 0) is 0 Å². The average molecular weight is 189 g/mol. The molecule has 1 fully saturated rings. The maximum absolute atomic E-state index is 3.28. The third-order valence-electron chi connectivity index (χ3n) is 2.69. The van der Waals surface area contributed by atoms with Crippen molar-refractivity contribution < 1.29 is 0 Å². The first-order valence-corrected chi connectivity index (χ1v) is 5.41. The van der Waals surface area contributed by atoms with E-state index in [1.807, 2.05) is 12.1 Å². The lowest BCUT2D eigenvalue weighted by Crippen LogP contribution is -2.40. The van der Waals surface area contributed by atoms with Crippen LogP contribution in [0.3, 0.4) is 0 Å². The molecule has 1 aliphatic rings. The molecular weight excluding hydrogens is 172 g/mol. The molecule has 2 heteroatoms. The van der Waals surface area contributed by atoms with E-state index in [0.717, 1.165) is 6.54 Å². The lowest BCUT2D eigenvalue weighted by atomic mass is 10.3. The summed E-state index contributed by atoms with van der Waals surface area (Å²) in [6.07, 6.45) is 2.65. The number of anilines is 1. The van der Waals surface area contributed by atoms with Crippen LogP contribution < -0.4 is 5.01 Å². The van der Waals surface area contributed by atoms with Crippen LogP contribution in [0.25, 0.3) is 0 Å². The van der Waals surface area contributed by atoms with Crippen LogP contribution in [0.2, 0.25) is 0 Å². The van der Waals surface area contributed by atoms with E-state index in [9.17, 15) is 0 Å². The number of hydrogen-bond acceptors (Lipinski definition) is 2. The predicted octanol–water partition coefficient (Wildman–Crippen LogP) is 2.32. The summed E-state index contributed by atoms with van der Waals surface area (Å²) in [6, 6.07) is 11.5. The van der Waals surface area contributed by atoms with Crippen molar-refractivity contribution in [2.45, 2.75) is 19.8 Å². The molecule has 0 atom stereocenters. The van der Waals surface area contributed by atoms with E-state index in [1.54, 1.807) is 0 Å². The Balaban J connectivity index is 2.12. The van der Waals surface area contributed by atoms with Gasteiger partial charge < -0.3 is 5.01 Å². The van der Waals surface area contributed by atoms with Crippen molar-refractivity contribution in [1.82, 2.24) is 5.01 Å². The van der Waals surface area contributed by atoms with E-state index >= 15 is 0 Å². The van der Waals surface area contributed by atoms with Crippen LogP contribution in [0.4, 0.5) is 5.69 Å². The molecule has 75 valence electrons. The summed E-state index contributed by atoms with van der Waals surface area (Å²) in [7, 11) is 0. The summed E-state index contributed by atoms with van der Waals surface area (Å²) < 4.78 is 0. The Morgan fingerprint density at radius 1 is 1.36 bits per heavy atom. The first-order valence-electron chi connectivity index (χ1n) is 5.41. The molecule has 0 aromatic heterocycles. The summed E-state index contributed by atoms with van der Waals surface area (Å²) in [5.41, 5.74) is 1.19. The van der Waals surface area contributed by atoms with Crippen molar-refractivity contribution in [3.63, 3.8) is 0 Å². The Morgan fingerprint density at radius 3 is 2.71 bits per heavy atom. The molecule has 0 aliphatic carbocycles. The van der Waals surface area contributed by atoms with E-state index in [4.69, 9.17) is 0 Å². The fourth-order valence-electron chi connectivity index (χ4n) is 2.01. The molecule has 14 heavy (non-hydrogen) atoms. The molecule has 0 spiro atoms. The highest BCUT2D eigenvalue weighted by Gasteiger charge is 2.18. The van der Waals surface area contributed by atoms with Crippen LogP contribution >= 0.6 is 0 Å². The highest BCUT2D eigenvalue weighted by Crippen LogP contribution is 2.18. The van der Waals surface area contributed by atoms with Crippen molar-refractivity contribution in [2.75, 3.05) is 24.6 Å². The zero-order valence-electron chi connectivity index (χ0n) is 8.74. The molecular formula is C12H17N2. The summed E-state index contributed by atoms with van der Waals surface area (Å²) in [5, 5.41) is 4.75. The molecule has 1 saturated heterocycles. The third kappa shape index (κ3) is 1.90. The lowest BCUT2D eigenvalue weighted by Gasteiger charge is -2.32. The average Bonchev–Trinajstić information content (AvgIpc) is 2.74. The summed E-state index contributed by atoms with van der Waals surface area (Å²) >= 11 is 0. The van der Waals surface area contributed by atoms with Gasteiger partial charge in [-0.05, 0) is 25.8 Å². The van der Waals surface area contributed by atoms with Gasteiger partial charge in [0.05, 0.1) is 5.69 Å². The number of hydrogen-bond donors (Lipinski definition) is 0. The minimum absolute atomic E-state index is 1.03. The minimum atomic E-state index is 1.03. The topological polar surface area (TPSA) is 6.48 Å². The van der Waals surface area contributed by atoms with Gasteiger partial charge in [0.2, 0.25) is 0 Å². The normalized spacial score (nSPS) is 17.2. The molecule has 0 N–H and O–H groups in total. The number of para-hydroxylation sites is 1. The Hall–Kier alpha value is -1.02. The number of rotatable bonds is 3. The molecule has 2 nitrogen and oxygen atoms in total. The Morgan fingerprint density at radius 2 is 2.14 bits per heavy atom. The van der Waals surface area contributed by atoms with E-state index in [0.29, 0.717) is 0 Å². The fourth-order valence-corrected chi connectivity index (χ4v) is 2.01. The molecule has 1 heterocycles. The molecule has 1 radical (unpaired) electrons. The quantitative estimate of drug-likeness (QED) is 0.720. The van der Waals surface area contributed by atoms with Crippen LogP contribution in [0.5, 0.6) is 0 Å². The van der Waals surface area contributed by atoms with Crippen molar-refractivity contribution >= 4 is 5.69 Å². The molecule has 1 aromatic rings. The van der Waals surface area contributed by atoms with Gasteiger partial charge >= 0.3 is 0 Å². The smallest absolute Gasteiger partial charge is 0.0601 e. The second kappa shape index (κ2) is 4.47. The summed E-state index contributed by atoms with van der Waals surface area (Å²) in [4.78, 5) is 0. The van der Waals surface area contributed by atoms with E-state index in [2.05, 4.69) is 35.1 Å². The Kier molecular flexibility index (Phi) is 3.04. The zero-order chi connectivity index (χ0) is 9.80. The molecule has 2 rings (SSSR count). The van der Waals surface area contributed by atoms with E-state index in [-0.39, 0.29) is 0 Å². The molecule has 0 amide bonds. The van der Waals surface area contributed by atoms with Crippen molar-refractivity contribution in [1.29, 1.82) is 0 Å². The first-order chi connectivity index (χ1) is 6.92. The molecule has 1 aromatic carbocycles. The van der Waals surface area contributed by atoms with Gasteiger partial charge in [0.15, 0.2) is 0 Å². The molecule has 1 aliphatic heterocycles. The standard InChI is InChI=1S/C12H17N2/c1-2-14(13-10-6-7-11-13)12-8-4-3-5-9-12/h3-5,8H,2,6-7,10-11H2,1H3. The van der Waals surface area contributed by atoms with Gasteiger partial charge in [-0.3, -0.25) is 0 Å². The molecule has 0 saturated carbocycles. The maximum atomic E-state index is 3.28. The van der Waals surface area contributed by atoms with Crippen molar-refractivity contribution in [2.24, 2.45) is 0 Å². The van der Waals surface area contributed by atoms with Gasteiger partial charge in [-0.25, -0.2) is 5.01 Å². The Labute approximate surface area is 86.1 Å². The van der Waals surface area contributed by atoms with Gasteiger partial charge in [0, 0.05) is 25.7 Å². The summed E-state index contributed by atoms with van der Waals surface area (Å²) in [5.74, 6) is 0. The zero-order valence-corrected chi connectivity index (χ0v) is 8.74. The highest BCUT2D eigenvalue weighted by molar-refractivity contribution is 5.43.